The molecule has 3 N–H and O–H groups in total. The maximum absolute atomic E-state index is 11.8. The number of ether oxygens (including phenoxy) is 1. The Morgan fingerprint density at radius 3 is 2.70 bits per heavy atom. The highest BCUT2D eigenvalue weighted by Gasteiger charge is 2.10. The van der Waals surface area contributed by atoms with Gasteiger partial charge in [0.2, 0.25) is 0 Å². The third kappa shape index (κ3) is 4.37. The maximum atomic E-state index is 11.8. The average Bonchev–Trinajstić information content (AvgIpc) is 2.64. The molecule has 2 heterocycles. The molecular weight excluding hydrogens is 356 g/mol. The fourth-order valence-electron chi connectivity index (χ4n) is 2.24. The molecule has 0 unspecified atom stereocenters. The molecule has 0 saturated carbocycles. The highest BCUT2D eigenvalue weighted by Crippen LogP contribution is 2.22. The van der Waals surface area contributed by atoms with Crippen LogP contribution in [0.2, 0.25) is 0 Å². The minimum absolute atomic E-state index is 0.0734. The molecule has 3 rings (SSSR count). The lowest BCUT2D eigenvalue weighted by Gasteiger charge is -2.09. The Balaban J connectivity index is 1.56. The lowest BCUT2D eigenvalue weighted by atomic mass is 10.1. The number of nitrogens with one attached hydrogen (secondary N) is 3. The Labute approximate surface area is 151 Å². The number of benzene rings is 1. The summed E-state index contributed by atoms with van der Waals surface area (Å²) in [5, 5.41) is 6.38. The van der Waals surface area contributed by atoms with Gasteiger partial charge in [0.05, 0.1) is 0 Å². The number of amides is 2. The van der Waals surface area contributed by atoms with E-state index >= 15 is 0 Å². The minimum atomic E-state index is -0.706. The summed E-state index contributed by atoms with van der Waals surface area (Å²) < 4.78 is 10.4. The highest BCUT2D eigenvalue weighted by atomic mass is 16.5. The monoisotopic (exact) mass is 370 g/mol. The fraction of sp³-hybridized carbons (Fsp3) is 0.118. The van der Waals surface area contributed by atoms with E-state index in [1.54, 1.807) is 19.1 Å². The number of aryl methyl sites for hydroxylation is 1. The molecule has 0 bridgehead atoms. The standard InChI is InChI=1S/C17H14N4O6/c1-9-6-16(24)27-13-7-10(2-3-11(9)13)26-8-15(23)20-21-17(25)12-4-5-14(22)19-18-12/h2-7H,8H2,1H3,(H,19,22)(H,20,23)(H,21,25). The Morgan fingerprint density at radius 1 is 1.15 bits per heavy atom. The second-order valence-corrected chi connectivity index (χ2v) is 5.50. The van der Waals surface area contributed by atoms with E-state index in [9.17, 15) is 19.2 Å². The predicted octanol–water partition coefficient (Wildman–Crippen LogP) is 0.0247. The molecular formula is C17H14N4O6. The van der Waals surface area contributed by atoms with Gasteiger partial charge in [-0.2, -0.15) is 5.10 Å². The average molecular weight is 370 g/mol. The van der Waals surface area contributed by atoms with E-state index in [1.807, 2.05) is 0 Å². The fourth-order valence-corrected chi connectivity index (χ4v) is 2.24. The highest BCUT2D eigenvalue weighted by molar-refractivity contribution is 5.93. The van der Waals surface area contributed by atoms with Crippen LogP contribution in [0.5, 0.6) is 5.75 Å². The van der Waals surface area contributed by atoms with E-state index in [4.69, 9.17) is 9.15 Å². The van der Waals surface area contributed by atoms with Gasteiger partial charge in [0.15, 0.2) is 12.3 Å². The van der Waals surface area contributed by atoms with Crippen molar-refractivity contribution < 1.29 is 18.7 Å². The Hall–Kier alpha value is -3.95. The number of rotatable bonds is 4. The van der Waals surface area contributed by atoms with Crippen molar-refractivity contribution in [3.05, 3.63) is 68.4 Å². The summed E-state index contributed by atoms with van der Waals surface area (Å²) in [6.45, 7) is 1.40. The van der Waals surface area contributed by atoms with Gasteiger partial charge >= 0.3 is 5.63 Å². The summed E-state index contributed by atoms with van der Waals surface area (Å²) in [4.78, 5) is 45.8. The van der Waals surface area contributed by atoms with Gasteiger partial charge in [-0.05, 0) is 30.7 Å². The molecule has 0 spiro atoms. The van der Waals surface area contributed by atoms with Crippen LogP contribution in [0.3, 0.4) is 0 Å². The van der Waals surface area contributed by atoms with Crippen LogP contribution < -0.4 is 26.8 Å². The minimum Gasteiger partial charge on any atom is -0.484 e. The number of aromatic nitrogens is 2. The molecule has 3 aromatic rings. The summed E-state index contributed by atoms with van der Waals surface area (Å²) >= 11 is 0. The van der Waals surface area contributed by atoms with Gasteiger partial charge in [0, 0.05) is 23.6 Å². The summed E-state index contributed by atoms with van der Waals surface area (Å²) in [7, 11) is 0. The molecule has 0 aliphatic rings. The summed E-state index contributed by atoms with van der Waals surface area (Å²) in [5.41, 5.74) is 4.39. The van der Waals surface area contributed by atoms with Crippen LogP contribution >= 0.6 is 0 Å². The number of H-pyrrole nitrogens is 1. The normalized spacial score (nSPS) is 10.4. The lowest BCUT2D eigenvalue weighted by molar-refractivity contribution is -0.123. The van der Waals surface area contributed by atoms with Crippen molar-refractivity contribution in [3.8, 4) is 5.75 Å². The first kappa shape index (κ1) is 17.9. The zero-order valence-electron chi connectivity index (χ0n) is 14.1. The molecule has 0 radical (unpaired) electrons. The number of hydrogen-bond acceptors (Lipinski definition) is 7. The van der Waals surface area contributed by atoms with E-state index in [-0.39, 0.29) is 12.3 Å². The van der Waals surface area contributed by atoms with Crippen LogP contribution in [0, 0.1) is 6.92 Å². The second kappa shape index (κ2) is 7.52. The third-order valence-corrected chi connectivity index (χ3v) is 3.52. The van der Waals surface area contributed by atoms with Crippen LogP contribution in [-0.2, 0) is 4.79 Å². The predicted molar refractivity (Wildman–Crippen MR) is 93.2 cm³/mol. The zero-order valence-corrected chi connectivity index (χ0v) is 14.1. The Morgan fingerprint density at radius 2 is 1.96 bits per heavy atom. The maximum Gasteiger partial charge on any atom is 0.336 e. The summed E-state index contributed by atoms with van der Waals surface area (Å²) in [6.07, 6.45) is 0. The van der Waals surface area contributed by atoms with Gasteiger partial charge in [-0.1, -0.05) is 0 Å². The van der Waals surface area contributed by atoms with Crippen LogP contribution in [0.4, 0.5) is 0 Å². The zero-order chi connectivity index (χ0) is 19.4. The Kier molecular flexibility index (Phi) is 4.97. The molecule has 0 aliphatic heterocycles. The first-order valence-electron chi connectivity index (χ1n) is 7.74. The number of aromatic amines is 1. The van der Waals surface area contributed by atoms with Crippen molar-refractivity contribution in [1.29, 1.82) is 0 Å². The van der Waals surface area contributed by atoms with E-state index in [0.717, 1.165) is 17.0 Å². The number of nitrogens with zero attached hydrogens (tertiary/aromatic N) is 1. The topological polar surface area (TPSA) is 143 Å². The Bertz CT molecular complexity index is 1110. The van der Waals surface area contributed by atoms with Gasteiger partial charge in [0.25, 0.3) is 17.4 Å². The number of carbonyl (C=O) groups is 2. The van der Waals surface area contributed by atoms with Crippen LogP contribution in [0.1, 0.15) is 16.1 Å². The van der Waals surface area contributed by atoms with Gasteiger partial charge in [0.1, 0.15) is 11.3 Å². The van der Waals surface area contributed by atoms with Crippen molar-refractivity contribution in [3.63, 3.8) is 0 Å². The van der Waals surface area contributed by atoms with Crippen molar-refractivity contribution in [1.82, 2.24) is 21.0 Å². The van der Waals surface area contributed by atoms with Crippen molar-refractivity contribution in [2.24, 2.45) is 0 Å². The third-order valence-electron chi connectivity index (χ3n) is 3.52. The van der Waals surface area contributed by atoms with Crippen LogP contribution in [0.25, 0.3) is 11.0 Å². The van der Waals surface area contributed by atoms with Crippen molar-refractivity contribution >= 4 is 22.8 Å². The largest absolute Gasteiger partial charge is 0.484 e. The molecule has 0 fully saturated rings. The number of hydrogen-bond donors (Lipinski definition) is 3. The SMILES string of the molecule is Cc1cc(=O)oc2cc(OCC(=O)NNC(=O)c3ccc(=O)[nH]n3)ccc12. The van der Waals surface area contributed by atoms with E-state index in [2.05, 4.69) is 21.0 Å². The molecule has 0 saturated heterocycles. The number of carbonyl (C=O) groups excluding carboxylic acids is 2. The molecule has 10 nitrogen and oxygen atoms in total. The first-order chi connectivity index (χ1) is 12.9. The first-order valence-corrected chi connectivity index (χ1v) is 7.74. The molecule has 138 valence electrons. The summed E-state index contributed by atoms with van der Waals surface area (Å²) in [5.74, 6) is -1.01. The lowest BCUT2D eigenvalue weighted by Crippen LogP contribution is -2.44. The molecule has 10 heteroatoms. The van der Waals surface area contributed by atoms with Gasteiger partial charge in [-0.3, -0.25) is 25.2 Å². The van der Waals surface area contributed by atoms with E-state index < -0.39 is 23.0 Å². The molecule has 1 aromatic carbocycles. The van der Waals surface area contributed by atoms with Crippen LogP contribution in [-0.4, -0.2) is 28.6 Å². The van der Waals surface area contributed by atoms with E-state index in [1.165, 1.54) is 18.2 Å². The number of fused-ring (bicyclic) bond motifs is 1. The van der Waals surface area contributed by atoms with Crippen molar-refractivity contribution in [2.75, 3.05) is 6.61 Å². The molecule has 0 atom stereocenters. The van der Waals surface area contributed by atoms with Crippen molar-refractivity contribution in [2.45, 2.75) is 6.92 Å². The molecule has 0 aliphatic carbocycles. The molecule has 2 amide bonds. The summed E-state index contributed by atoms with van der Waals surface area (Å²) in [6, 6.07) is 8.57. The van der Waals surface area contributed by atoms with Gasteiger partial charge in [-0.25, -0.2) is 9.89 Å². The van der Waals surface area contributed by atoms with E-state index in [0.29, 0.717) is 11.3 Å². The van der Waals surface area contributed by atoms with Crippen LogP contribution in [0.15, 0.2) is 50.4 Å². The molecule has 27 heavy (non-hydrogen) atoms. The number of hydrazine groups is 1. The van der Waals surface area contributed by atoms with Gasteiger partial charge < -0.3 is 9.15 Å². The second-order valence-electron chi connectivity index (χ2n) is 5.50. The smallest absolute Gasteiger partial charge is 0.336 e. The quantitative estimate of drug-likeness (QED) is 0.434. The van der Waals surface area contributed by atoms with Gasteiger partial charge in [-0.15, -0.1) is 0 Å². The molecule has 2 aromatic heterocycles.